The van der Waals surface area contributed by atoms with Crippen molar-refractivity contribution < 1.29 is 9.53 Å². The Morgan fingerprint density at radius 1 is 1.24 bits per heavy atom. The fourth-order valence-electron chi connectivity index (χ4n) is 4.15. The predicted octanol–water partition coefficient (Wildman–Crippen LogP) is 3.45. The van der Waals surface area contributed by atoms with Crippen molar-refractivity contribution in [3.8, 4) is 5.75 Å². The molecule has 0 aromatic heterocycles. The molecule has 1 saturated heterocycles. The number of nitrogens with one attached hydrogen (secondary N) is 1. The summed E-state index contributed by atoms with van der Waals surface area (Å²) in [7, 11) is 0. The molecular formula is C20H33N3O2. The van der Waals surface area contributed by atoms with Crippen molar-refractivity contribution in [1.82, 2.24) is 10.2 Å². The number of hydrogen-bond donors (Lipinski definition) is 2. The minimum absolute atomic E-state index is 0.0159. The van der Waals surface area contributed by atoms with Gasteiger partial charge in [0.25, 0.3) is 0 Å². The molecule has 5 nitrogen and oxygen atoms in total. The van der Waals surface area contributed by atoms with Crippen LogP contribution in [0.1, 0.15) is 52.5 Å². The minimum Gasteiger partial charge on any atom is -0.493 e. The first-order valence-corrected chi connectivity index (χ1v) is 9.16. The molecule has 25 heavy (non-hydrogen) atoms. The average molecular weight is 348 g/mol. The summed E-state index contributed by atoms with van der Waals surface area (Å²) >= 11 is 0. The molecule has 3 N–H and O–H groups in total. The maximum atomic E-state index is 12.8. The largest absolute Gasteiger partial charge is 0.493 e. The van der Waals surface area contributed by atoms with E-state index in [4.69, 9.17) is 10.5 Å². The van der Waals surface area contributed by atoms with Crippen LogP contribution in [0.25, 0.3) is 0 Å². The lowest BCUT2D eigenvalue weighted by Gasteiger charge is -2.54. The summed E-state index contributed by atoms with van der Waals surface area (Å²) in [6.45, 7) is 11.6. The number of likely N-dealkylation sites (tertiary alicyclic amines) is 1. The summed E-state index contributed by atoms with van der Waals surface area (Å²) in [6, 6.07) is 8.08. The SMILES string of the molecule is Cc1ccccc1OCCCNC(=O)N1C(C)(C)CC(N)CC1(C)C. The summed E-state index contributed by atoms with van der Waals surface area (Å²) in [6.07, 6.45) is 2.41. The lowest BCUT2D eigenvalue weighted by Crippen LogP contribution is -2.67. The normalized spacial score (nSPS) is 19.5. The van der Waals surface area contributed by atoms with Gasteiger partial charge in [0.2, 0.25) is 0 Å². The molecule has 140 valence electrons. The Kier molecular flexibility index (Phi) is 5.99. The fourth-order valence-corrected chi connectivity index (χ4v) is 4.15. The average Bonchev–Trinajstić information content (AvgIpc) is 2.45. The number of nitrogens with two attached hydrogens (primary N) is 1. The number of para-hydroxylation sites is 1. The second kappa shape index (κ2) is 7.65. The molecule has 0 saturated carbocycles. The van der Waals surface area contributed by atoms with Crippen LogP contribution in [0, 0.1) is 6.92 Å². The molecule has 5 heteroatoms. The highest BCUT2D eigenvalue weighted by molar-refractivity contribution is 5.76. The van der Waals surface area contributed by atoms with E-state index < -0.39 is 0 Å². The van der Waals surface area contributed by atoms with Gasteiger partial charge in [-0.25, -0.2) is 4.79 Å². The molecule has 2 amide bonds. The lowest BCUT2D eigenvalue weighted by molar-refractivity contribution is 0.00313. The number of carbonyl (C=O) groups is 1. The van der Waals surface area contributed by atoms with Crippen molar-refractivity contribution >= 4 is 6.03 Å². The highest BCUT2D eigenvalue weighted by atomic mass is 16.5. The van der Waals surface area contributed by atoms with Gasteiger partial charge in [0.05, 0.1) is 6.61 Å². The number of carbonyl (C=O) groups excluding carboxylic acids is 1. The first kappa shape index (κ1) is 19.6. The topological polar surface area (TPSA) is 67.6 Å². The molecule has 0 radical (unpaired) electrons. The number of amides is 2. The number of aryl methyl sites for hydroxylation is 1. The van der Waals surface area contributed by atoms with E-state index >= 15 is 0 Å². The number of rotatable bonds is 5. The molecule has 0 unspecified atom stereocenters. The number of piperidine rings is 1. The van der Waals surface area contributed by atoms with Gasteiger partial charge in [0.15, 0.2) is 0 Å². The highest BCUT2D eigenvalue weighted by Crippen LogP contribution is 2.37. The number of nitrogens with zero attached hydrogens (tertiary/aromatic N) is 1. The zero-order chi connectivity index (χ0) is 18.7. The molecule has 2 rings (SSSR count). The Hall–Kier alpha value is -1.75. The van der Waals surface area contributed by atoms with Crippen LogP contribution in [0.15, 0.2) is 24.3 Å². The zero-order valence-corrected chi connectivity index (χ0v) is 16.3. The van der Waals surface area contributed by atoms with Gasteiger partial charge in [-0.2, -0.15) is 0 Å². The Bertz CT molecular complexity index is 580. The van der Waals surface area contributed by atoms with Crippen molar-refractivity contribution in [2.75, 3.05) is 13.2 Å². The second-order valence-corrected chi connectivity index (χ2v) is 8.33. The maximum absolute atomic E-state index is 12.8. The van der Waals surface area contributed by atoms with E-state index in [2.05, 4.69) is 33.0 Å². The molecule has 0 bridgehead atoms. The second-order valence-electron chi connectivity index (χ2n) is 8.33. The standard InChI is InChI=1S/C20H33N3O2/c1-15-9-6-7-10-17(15)25-12-8-11-22-18(24)23-19(2,3)13-16(21)14-20(23,4)5/h6-7,9-10,16H,8,11-14,21H2,1-5H3,(H,22,24). The van der Waals surface area contributed by atoms with Crippen LogP contribution in [0.2, 0.25) is 0 Å². The number of hydrogen-bond acceptors (Lipinski definition) is 3. The molecule has 1 aliphatic rings. The van der Waals surface area contributed by atoms with E-state index in [9.17, 15) is 4.79 Å². The Balaban J connectivity index is 1.82. The van der Waals surface area contributed by atoms with Gasteiger partial charge in [-0.3, -0.25) is 0 Å². The third kappa shape index (κ3) is 4.88. The van der Waals surface area contributed by atoms with Crippen molar-refractivity contribution in [3.05, 3.63) is 29.8 Å². The van der Waals surface area contributed by atoms with Crippen molar-refractivity contribution in [3.63, 3.8) is 0 Å². The lowest BCUT2D eigenvalue weighted by atomic mass is 9.77. The molecular weight excluding hydrogens is 314 g/mol. The molecule has 0 aliphatic carbocycles. The van der Waals surface area contributed by atoms with Crippen LogP contribution in [-0.2, 0) is 0 Å². The summed E-state index contributed by atoms with van der Waals surface area (Å²) < 4.78 is 5.78. The van der Waals surface area contributed by atoms with Crippen LogP contribution < -0.4 is 15.8 Å². The first-order chi connectivity index (χ1) is 11.6. The molecule has 1 aliphatic heterocycles. The third-order valence-corrected chi connectivity index (χ3v) is 4.89. The summed E-state index contributed by atoms with van der Waals surface area (Å²) in [5, 5.41) is 3.05. The first-order valence-electron chi connectivity index (χ1n) is 9.16. The highest BCUT2D eigenvalue weighted by Gasteiger charge is 2.46. The van der Waals surface area contributed by atoms with Gasteiger partial charge < -0.3 is 20.7 Å². The van der Waals surface area contributed by atoms with E-state index in [1.807, 2.05) is 36.1 Å². The predicted molar refractivity (Wildman–Crippen MR) is 102 cm³/mol. The molecule has 1 aromatic rings. The van der Waals surface area contributed by atoms with Crippen molar-refractivity contribution in [2.24, 2.45) is 5.73 Å². The Labute approximate surface area is 151 Å². The Morgan fingerprint density at radius 2 is 1.84 bits per heavy atom. The van der Waals surface area contributed by atoms with Crippen LogP contribution in [-0.4, -0.2) is 41.2 Å². The van der Waals surface area contributed by atoms with E-state index in [1.54, 1.807) is 0 Å². The minimum atomic E-state index is -0.247. The van der Waals surface area contributed by atoms with Gasteiger partial charge in [0, 0.05) is 23.7 Å². The van der Waals surface area contributed by atoms with E-state index in [1.165, 1.54) is 0 Å². The summed E-state index contributed by atoms with van der Waals surface area (Å²) in [5.41, 5.74) is 6.81. The quantitative estimate of drug-likeness (QED) is 0.802. The molecule has 1 heterocycles. The van der Waals surface area contributed by atoms with Crippen LogP contribution in [0.5, 0.6) is 5.75 Å². The van der Waals surface area contributed by atoms with Crippen molar-refractivity contribution in [1.29, 1.82) is 0 Å². The number of benzene rings is 1. The van der Waals surface area contributed by atoms with Crippen LogP contribution in [0.4, 0.5) is 4.79 Å². The Morgan fingerprint density at radius 3 is 2.44 bits per heavy atom. The number of ether oxygens (including phenoxy) is 1. The molecule has 1 aromatic carbocycles. The van der Waals surface area contributed by atoms with E-state index in [0.29, 0.717) is 13.2 Å². The van der Waals surface area contributed by atoms with Gasteiger partial charge in [-0.05, 0) is 65.5 Å². The van der Waals surface area contributed by atoms with Gasteiger partial charge in [-0.1, -0.05) is 18.2 Å². The fraction of sp³-hybridized carbons (Fsp3) is 0.650. The van der Waals surface area contributed by atoms with Crippen LogP contribution in [0.3, 0.4) is 0 Å². The van der Waals surface area contributed by atoms with Gasteiger partial charge in [-0.15, -0.1) is 0 Å². The van der Waals surface area contributed by atoms with Gasteiger partial charge in [0.1, 0.15) is 5.75 Å². The molecule has 1 fully saturated rings. The smallest absolute Gasteiger partial charge is 0.318 e. The summed E-state index contributed by atoms with van der Waals surface area (Å²) in [4.78, 5) is 14.7. The molecule has 0 spiro atoms. The van der Waals surface area contributed by atoms with E-state index in [0.717, 1.165) is 30.6 Å². The summed E-state index contributed by atoms with van der Waals surface area (Å²) in [5.74, 6) is 0.904. The number of urea groups is 1. The van der Waals surface area contributed by atoms with Crippen LogP contribution >= 0.6 is 0 Å². The van der Waals surface area contributed by atoms with Gasteiger partial charge >= 0.3 is 6.03 Å². The van der Waals surface area contributed by atoms with E-state index in [-0.39, 0.29) is 23.2 Å². The monoisotopic (exact) mass is 347 g/mol. The third-order valence-electron chi connectivity index (χ3n) is 4.89. The molecule has 0 atom stereocenters. The zero-order valence-electron chi connectivity index (χ0n) is 16.3. The maximum Gasteiger partial charge on any atom is 0.318 e. The van der Waals surface area contributed by atoms with Crippen molar-refractivity contribution in [2.45, 2.75) is 71.0 Å².